The molecule has 4 nitrogen and oxygen atoms in total. The quantitative estimate of drug-likeness (QED) is 0.849. The highest BCUT2D eigenvalue weighted by Crippen LogP contribution is 2.22. The zero-order chi connectivity index (χ0) is 13.0. The number of hydrogen-bond acceptors (Lipinski definition) is 4. The fourth-order valence-corrected chi connectivity index (χ4v) is 2.91. The Morgan fingerprint density at radius 2 is 1.89 bits per heavy atom. The molecule has 0 heterocycles. The second kappa shape index (κ2) is 5.82. The van der Waals surface area contributed by atoms with Gasteiger partial charge < -0.3 is 10.5 Å². The van der Waals surface area contributed by atoms with Crippen molar-refractivity contribution in [2.75, 3.05) is 12.4 Å². The lowest BCUT2D eigenvalue weighted by molar-refractivity contribution is 0.0110. The van der Waals surface area contributed by atoms with E-state index in [1.54, 1.807) is 24.3 Å². The van der Waals surface area contributed by atoms with Gasteiger partial charge in [0.2, 0.25) is 0 Å². The second-order valence-electron chi connectivity index (χ2n) is 4.59. The maximum Gasteiger partial charge on any atom is 0.180 e. The Balaban J connectivity index is 1.91. The summed E-state index contributed by atoms with van der Waals surface area (Å²) in [4.78, 5) is 0.344. The fourth-order valence-electron chi connectivity index (χ4n) is 1.81. The van der Waals surface area contributed by atoms with Crippen LogP contribution in [0.5, 0.6) is 0 Å². The molecule has 100 valence electrons. The highest BCUT2D eigenvalue weighted by Gasteiger charge is 2.20. The summed E-state index contributed by atoms with van der Waals surface area (Å²) in [6, 6.07) is 6.72. The van der Waals surface area contributed by atoms with Gasteiger partial charge in [0.15, 0.2) is 9.84 Å². The SMILES string of the molecule is NCc1ccc(S(=O)(=O)CCOC2CCC2)cc1. The molecular formula is C13H19NO3S. The molecule has 5 heteroatoms. The Morgan fingerprint density at radius 3 is 2.39 bits per heavy atom. The van der Waals surface area contributed by atoms with Crippen LogP contribution in [-0.4, -0.2) is 26.9 Å². The van der Waals surface area contributed by atoms with Crippen LogP contribution in [0.2, 0.25) is 0 Å². The van der Waals surface area contributed by atoms with Crippen molar-refractivity contribution in [2.24, 2.45) is 5.73 Å². The molecule has 1 aliphatic carbocycles. The minimum absolute atomic E-state index is 0.0471. The maximum absolute atomic E-state index is 12.0. The number of ether oxygens (including phenoxy) is 1. The van der Waals surface area contributed by atoms with Crippen molar-refractivity contribution in [3.63, 3.8) is 0 Å². The molecule has 0 bridgehead atoms. The Kier molecular flexibility index (Phi) is 4.37. The van der Waals surface area contributed by atoms with E-state index in [-0.39, 0.29) is 18.5 Å². The number of hydrogen-bond donors (Lipinski definition) is 1. The van der Waals surface area contributed by atoms with Crippen LogP contribution in [0.3, 0.4) is 0 Å². The van der Waals surface area contributed by atoms with E-state index < -0.39 is 9.84 Å². The lowest BCUT2D eigenvalue weighted by Crippen LogP contribution is -2.24. The molecule has 1 aromatic rings. The number of rotatable bonds is 6. The van der Waals surface area contributed by atoms with Crippen LogP contribution < -0.4 is 5.73 Å². The van der Waals surface area contributed by atoms with Crippen LogP contribution in [0.1, 0.15) is 24.8 Å². The molecule has 0 unspecified atom stereocenters. The van der Waals surface area contributed by atoms with Crippen molar-refractivity contribution in [1.29, 1.82) is 0 Å². The van der Waals surface area contributed by atoms with E-state index in [4.69, 9.17) is 10.5 Å². The van der Waals surface area contributed by atoms with Crippen LogP contribution in [0.4, 0.5) is 0 Å². The monoisotopic (exact) mass is 269 g/mol. The van der Waals surface area contributed by atoms with E-state index in [2.05, 4.69) is 0 Å². The Hall–Kier alpha value is -0.910. The lowest BCUT2D eigenvalue weighted by atomic mass is 9.96. The van der Waals surface area contributed by atoms with Crippen molar-refractivity contribution in [1.82, 2.24) is 0 Å². The van der Waals surface area contributed by atoms with Gasteiger partial charge in [-0.05, 0) is 37.0 Å². The van der Waals surface area contributed by atoms with Crippen molar-refractivity contribution < 1.29 is 13.2 Å². The minimum Gasteiger partial charge on any atom is -0.377 e. The predicted octanol–water partition coefficient (Wildman–Crippen LogP) is 1.49. The van der Waals surface area contributed by atoms with Crippen molar-refractivity contribution in [2.45, 2.75) is 36.8 Å². The highest BCUT2D eigenvalue weighted by molar-refractivity contribution is 7.91. The number of sulfone groups is 1. The summed E-state index contributed by atoms with van der Waals surface area (Å²) in [5.74, 6) is 0.0471. The normalized spacial score (nSPS) is 16.5. The molecule has 1 fully saturated rings. The number of nitrogens with two attached hydrogens (primary N) is 1. The van der Waals surface area contributed by atoms with Gasteiger partial charge >= 0.3 is 0 Å². The molecule has 0 radical (unpaired) electrons. The molecule has 0 amide bonds. The summed E-state index contributed by atoms with van der Waals surface area (Å²) in [5.41, 5.74) is 6.40. The Morgan fingerprint density at radius 1 is 1.22 bits per heavy atom. The first kappa shape index (κ1) is 13.5. The molecule has 2 N–H and O–H groups in total. The molecule has 0 aromatic heterocycles. The van der Waals surface area contributed by atoms with Crippen molar-refractivity contribution in [3.05, 3.63) is 29.8 Å². The predicted molar refractivity (Wildman–Crippen MR) is 70.0 cm³/mol. The first-order chi connectivity index (χ1) is 8.62. The van der Waals surface area contributed by atoms with Gasteiger partial charge in [0, 0.05) is 6.54 Å². The third-order valence-corrected chi connectivity index (χ3v) is 4.97. The Labute approximate surface area is 108 Å². The number of benzene rings is 1. The van der Waals surface area contributed by atoms with Crippen LogP contribution in [0, 0.1) is 0 Å². The largest absolute Gasteiger partial charge is 0.377 e. The zero-order valence-electron chi connectivity index (χ0n) is 10.3. The summed E-state index contributed by atoms with van der Waals surface area (Å²) in [6.07, 6.45) is 3.59. The molecule has 1 saturated carbocycles. The van der Waals surface area contributed by atoms with Gasteiger partial charge in [0.1, 0.15) is 0 Å². The average Bonchev–Trinajstić information content (AvgIpc) is 2.32. The summed E-state index contributed by atoms with van der Waals surface area (Å²) < 4.78 is 29.5. The Bertz CT molecular complexity index is 477. The third-order valence-electron chi connectivity index (χ3n) is 3.28. The van der Waals surface area contributed by atoms with Crippen molar-refractivity contribution in [3.8, 4) is 0 Å². The third kappa shape index (κ3) is 3.31. The summed E-state index contributed by atoms with van der Waals surface area (Å²) in [6.45, 7) is 0.705. The van der Waals surface area contributed by atoms with Crippen LogP contribution in [0.15, 0.2) is 29.2 Å². The smallest absolute Gasteiger partial charge is 0.180 e. The molecule has 0 aliphatic heterocycles. The lowest BCUT2D eigenvalue weighted by Gasteiger charge is -2.25. The molecule has 0 saturated heterocycles. The fraction of sp³-hybridized carbons (Fsp3) is 0.538. The van der Waals surface area contributed by atoms with Gasteiger partial charge in [-0.3, -0.25) is 0 Å². The van der Waals surface area contributed by atoms with Gasteiger partial charge in [0.25, 0.3) is 0 Å². The van der Waals surface area contributed by atoms with Crippen LogP contribution in [-0.2, 0) is 21.1 Å². The summed E-state index contributed by atoms with van der Waals surface area (Å²) >= 11 is 0. The molecule has 18 heavy (non-hydrogen) atoms. The van der Waals surface area contributed by atoms with E-state index in [1.165, 1.54) is 6.42 Å². The minimum atomic E-state index is -3.23. The van der Waals surface area contributed by atoms with Gasteiger partial charge in [-0.25, -0.2) is 8.42 Å². The van der Waals surface area contributed by atoms with E-state index in [1.807, 2.05) is 0 Å². The highest BCUT2D eigenvalue weighted by atomic mass is 32.2. The van der Waals surface area contributed by atoms with E-state index >= 15 is 0 Å². The molecule has 0 atom stereocenters. The first-order valence-electron chi connectivity index (χ1n) is 6.25. The van der Waals surface area contributed by atoms with Crippen LogP contribution in [0.25, 0.3) is 0 Å². The maximum atomic E-state index is 12.0. The second-order valence-corrected chi connectivity index (χ2v) is 6.70. The van der Waals surface area contributed by atoms with E-state index in [0.717, 1.165) is 18.4 Å². The molecule has 1 aromatic carbocycles. The van der Waals surface area contributed by atoms with E-state index in [0.29, 0.717) is 11.4 Å². The molecule has 2 rings (SSSR count). The molecular weight excluding hydrogens is 250 g/mol. The summed E-state index contributed by atoms with van der Waals surface area (Å²) in [5, 5.41) is 0. The van der Waals surface area contributed by atoms with E-state index in [9.17, 15) is 8.42 Å². The van der Waals surface area contributed by atoms with Crippen LogP contribution >= 0.6 is 0 Å². The molecule has 1 aliphatic rings. The molecule has 0 spiro atoms. The van der Waals surface area contributed by atoms with Gasteiger partial charge in [-0.2, -0.15) is 0 Å². The van der Waals surface area contributed by atoms with Gasteiger partial charge in [-0.15, -0.1) is 0 Å². The van der Waals surface area contributed by atoms with Gasteiger partial charge in [-0.1, -0.05) is 12.1 Å². The average molecular weight is 269 g/mol. The summed E-state index contributed by atoms with van der Waals surface area (Å²) in [7, 11) is -3.23. The topological polar surface area (TPSA) is 69.4 Å². The van der Waals surface area contributed by atoms with Gasteiger partial charge in [0.05, 0.1) is 23.4 Å². The zero-order valence-corrected chi connectivity index (χ0v) is 11.2. The standard InChI is InChI=1S/C13H19NO3S/c14-10-11-4-6-13(7-5-11)18(15,16)9-8-17-12-2-1-3-12/h4-7,12H,1-3,8-10,14H2. The van der Waals surface area contributed by atoms with Crippen molar-refractivity contribution >= 4 is 9.84 Å². The first-order valence-corrected chi connectivity index (χ1v) is 7.90.